The number of aliphatic carboxylic acids is 1. The van der Waals surface area contributed by atoms with Gasteiger partial charge < -0.3 is 14.7 Å². The van der Waals surface area contributed by atoms with Gasteiger partial charge in [0.25, 0.3) is 0 Å². The second kappa shape index (κ2) is 13.4. The summed E-state index contributed by atoms with van der Waals surface area (Å²) < 4.78 is 4.72. The second-order valence-corrected chi connectivity index (χ2v) is 3.51. The van der Waals surface area contributed by atoms with Crippen LogP contribution >= 0.6 is 0 Å². The molecule has 0 aromatic heterocycles. The minimum Gasteiger partial charge on any atom is -0.481 e. The van der Waals surface area contributed by atoms with Crippen molar-refractivity contribution in [2.75, 3.05) is 33.9 Å². The molecule has 0 spiro atoms. The highest BCUT2D eigenvalue weighted by Gasteiger charge is 1.94. The molecule has 4 nitrogen and oxygen atoms in total. The van der Waals surface area contributed by atoms with Gasteiger partial charge in [-0.2, -0.15) is 0 Å². The fourth-order valence-corrected chi connectivity index (χ4v) is 0.358. The maximum atomic E-state index is 9.60. The Kier molecular flexibility index (Phi) is 15.0. The Labute approximate surface area is 93.2 Å². The fraction of sp³-hybridized carbons (Fsp3) is 0.909. The summed E-state index contributed by atoms with van der Waals surface area (Å²) in [7, 11) is 4.11. The largest absolute Gasteiger partial charge is 0.481 e. The highest BCUT2D eigenvalue weighted by atomic mass is 16.5. The van der Waals surface area contributed by atoms with Crippen LogP contribution in [0.5, 0.6) is 0 Å². The fourth-order valence-electron chi connectivity index (χ4n) is 0.358. The summed E-state index contributed by atoms with van der Waals surface area (Å²) in [5.41, 5.74) is 0. The summed E-state index contributed by atoms with van der Waals surface area (Å²) in [6.07, 6.45) is 2.30. The summed E-state index contributed by atoms with van der Waals surface area (Å²) in [4.78, 5) is 11.7. The lowest BCUT2D eigenvalue weighted by Crippen LogP contribution is -2.09. The molecule has 1 N–H and O–H groups in total. The third kappa shape index (κ3) is 24.7. The molecule has 0 radical (unpaired) electrons. The van der Waals surface area contributed by atoms with Crippen LogP contribution in [0, 0.1) is 0 Å². The van der Waals surface area contributed by atoms with Crippen LogP contribution in [0.3, 0.4) is 0 Å². The van der Waals surface area contributed by atoms with Crippen molar-refractivity contribution in [3.05, 3.63) is 0 Å². The van der Waals surface area contributed by atoms with E-state index in [1.165, 1.54) is 6.42 Å². The molecule has 92 valence electrons. The predicted octanol–water partition coefficient (Wildman–Crippen LogP) is 1.85. The Morgan fingerprint density at radius 3 is 1.67 bits per heavy atom. The van der Waals surface area contributed by atoms with Gasteiger partial charge in [-0.05, 0) is 33.5 Å². The SMILES string of the molecule is C1COC1.CCCC(=O)O.CCN(C)C. The van der Waals surface area contributed by atoms with Gasteiger partial charge in [-0.1, -0.05) is 13.8 Å². The number of hydrogen-bond acceptors (Lipinski definition) is 3. The average molecular weight is 219 g/mol. The lowest BCUT2D eigenvalue weighted by Gasteiger charge is -2.09. The molecule has 0 aromatic carbocycles. The first kappa shape index (κ1) is 16.8. The molecule has 0 bridgehead atoms. The average Bonchev–Trinajstić information content (AvgIpc) is 2.01. The van der Waals surface area contributed by atoms with Crippen molar-refractivity contribution in [1.82, 2.24) is 4.90 Å². The Morgan fingerprint density at radius 2 is 1.67 bits per heavy atom. The number of carboxylic acids is 1. The third-order valence-electron chi connectivity index (χ3n) is 1.67. The molecule has 4 heteroatoms. The lowest BCUT2D eigenvalue weighted by molar-refractivity contribution is -0.137. The monoisotopic (exact) mass is 219 g/mol. The first-order valence-corrected chi connectivity index (χ1v) is 5.48. The number of ether oxygens (including phenoxy) is 1. The maximum absolute atomic E-state index is 9.60. The van der Waals surface area contributed by atoms with Crippen LogP contribution < -0.4 is 0 Å². The zero-order valence-electron chi connectivity index (χ0n) is 10.5. The molecule has 1 fully saturated rings. The zero-order valence-corrected chi connectivity index (χ0v) is 10.5. The van der Waals surface area contributed by atoms with Crippen LogP contribution in [0.2, 0.25) is 0 Å². The number of rotatable bonds is 3. The van der Waals surface area contributed by atoms with Gasteiger partial charge in [0.1, 0.15) is 0 Å². The van der Waals surface area contributed by atoms with Crippen molar-refractivity contribution in [3.63, 3.8) is 0 Å². The van der Waals surface area contributed by atoms with E-state index < -0.39 is 5.97 Å². The van der Waals surface area contributed by atoms with E-state index in [1.54, 1.807) is 0 Å². The summed E-state index contributed by atoms with van der Waals surface area (Å²) in [6.45, 7) is 7.11. The second-order valence-electron chi connectivity index (χ2n) is 3.51. The normalized spacial score (nSPS) is 12.9. The van der Waals surface area contributed by atoms with Gasteiger partial charge in [-0.25, -0.2) is 0 Å². The summed E-state index contributed by atoms with van der Waals surface area (Å²) in [5, 5.41) is 7.91. The standard InChI is InChI=1S/C4H11N.C4H8O2.C3H6O/c1-4-5(2)3;1-2-3-4(5)6;1-2-4-3-1/h4H2,1-3H3;2-3H2,1H3,(H,5,6);1-3H2. The van der Waals surface area contributed by atoms with Gasteiger partial charge in [0.05, 0.1) is 0 Å². The van der Waals surface area contributed by atoms with E-state index in [4.69, 9.17) is 9.84 Å². The molecule has 0 saturated carbocycles. The van der Waals surface area contributed by atoms with Gasteiger partial charge in [0.2, 0.25) is 0 Å². The molecule has 0 unspecified atom stereocenters. The van der Waals surface area contributed by atoms with Crippen LogP contribution in [-0.2, 0) is 9.53 Å². The van der Waals surface area contributed by atoms with Gasteiger partial charge >= 0.3 is 5.97 Å². The van der Waals surface area contributed by atoms with Gasteiger partial charge in [0, 0.05) is 19.6 Å². The van der Waals surface area contributed by atoms with E-state index in [0.717, 1.165) is 26.2 Å². The Balaban J connectivity index is 0. The number of hydrogen-bond donors (Lipinski definition) is 1. The number of nitrogens with zero attached hydrogens (tertiary/aromatic N) is 1. The molecule has 1 aliphatic rings. The van der Waals surface area contributed by atoms with E-state index in [2.05, 4.69) is 25.9 Å². The highest BCUT2D eigenvalue weighted by molar-refractivity contribution is 5.66. The minimum atomic E-state index is -0.711. The topological polar surface area (TPSA) is 49.8 Å². The van der Waals surface area contributed by atoms with Crippen molar-refractivity contribution in [2.45, 2.75) is 33.1 Å². The summed E-state index contributed by atoms with van der Waals surface area (Å²) in [5.74, 6) is -0.711. The van der Waals surface area contributed by atoms with Crippen molar-refractivity contribution in [2.24, 2.45) is 0 Å². The highest BCUT2D eigenvalue weighted by Crippen LogP contribution is 1.93. The summed E-state index contributed by atoms with van der Waals surface area (Å²) >= 11 is 0. The molecule has 0 amide bonds. The minimum absolute atomic E-state index is 0.292. The molecule has 1 heterocycles. The Morgan fingerprint density at radius 1 is 1.33 bits per heavy atom. The molecule has 0 aromatic rings. The third-order valence-corrected chi connectivity index (χ3v) is 1.67. The molecule has 1 saturated heterocycles. The predicted molar refractivity (Wildman–Crippen MR) is 62.2 cm³/mol. The first-order chi connectivity index (χ1) is 7.04. The molecule has 1 rings (SSSR count). The molecular weight excluding hydrogens is 194 g/mol. The van der Waals surface area contributed by atoms with Crippen LogP contribution in [0.1, 0.15) is 33.1 Å². The van der Waals surface area contributed by atoms with E-state index in [9.17, 15) is 4.79 Å². The van der Waals surface area contributed by atoms with Crippen LogP contribution in [0.25, 0.3) is 0 Å². The van der Waals surface area contributed by atoms with Gasteiger partial charge in [-0.3, -0.25) is 4.79 Å². The smallest absolute Gasteiger partial charge is 0.303 e. The summed E-state index contributed by atoms with van der Waals surface area (Å²) in [6, 6.07) is 0. The van der Waals surface area contributed by atoms with Gasteiger partial charge in [-0.15, -0.1) is 0 Å². The van der Waals surface area contributed by atoms with Gasteiger partial charge in [0.15, 0.2) is 0 Å². The van der Waals surface area contributed by atoms with E-state index in [1.807, 2.05) is 6.92 Å². The van der Waals surface area contributed by atoms with Crippen LogP contribution in [-0.4, -0.2) is 49.8 Å². The van der Waals surface area contributed by atoms with Crippen LogP contribution in [0.15, 0.2) is 0 Å². The number of carbonyl (C=O) groups is 1. The van der Waals surface area contributed by atoms with E-state index in [0.29, 0.717) is 6.42 Å². The van der Waals surface area contributed by atoms with Crippen molar-refractivity contribution < 1.29 is 14.6 Å². The van der Waals surface area contributed by atoms with Crippen molar-refractivity contribution >= 4 is 5.97 Å². The molecule has 0 atom stereocenters. The molecular formula is C11H25NO3. The number of carboxylic acid groups (broad SMARTS) is 1. The van der Waals surface area contributed by atoms with Crippen LogP contribution in [0.4, 0.5) is 0 Å². The van der Waals surface area contributed by atoms with E-state index in [-0.39, 0.29) is 0 Å². The quantitative estimate of drug-likeness (QED) is 0.787. The lowest BCUT2D eigenvalue weighted by atomic mass is 10.4. The Bertz CT molecular complexity index is 130. The molecule has 15 heavy (non-hydrogen) atoms. The Hall–Kier alpha value is -0.610. The van der Waals surface area contributed by atoms with Crippen molar-refractivity contribution in [1.29, 1.82) is 0 Å². The molecule has 1 aliphatic heterocycles. The maximum Gasteiger partial charge on any atom is 0.303 e. The first-order valence-electron chi connectivity index (χ1n) is 5.48. The molecule has 0 aliphatic carbocycles. The van der Waals surface area contributed by atoms with Crippen molar-refractivity contribution in [3.8, 4) is 0 Å². The van der Waals surface area contributed by atoms with E-state index >= 15 is 0 Å². The zero-order chi connectivity index (χ0) is 12.1.